The van der Waals surface area contributed by atoms with Crippen LogP contribution in [0.15, 0.2) is 41.3 Å². The van der Waals surface area contributed by atoms with E-state index in [1.165, 1.54) is 12.1 Å². The minimum absolute atomic E-state index is 0.124. The third-order valence-corrected chi connectivity index (χ3v) is 4.04. The van der Waals surface area contributed by atoms with Crippen LogP contribution in [0.5, 0.6) is 0 Å². The largest absolute Gasteiger partial charge is 0.398 e. The van der Waals surface area contributed by atoms with E-state index in [-0.39, 0.29) is 4.90 Å². The quantitative estimate of drug-likeness (QED) is 0.841. The van der Waals surface area contributed by atoms with Gasteiger partial charge in [0.15, 0.2) is 0 Å². The molecule has 0 fully saturated rings. The molecule has 1 aromatic carbocycles. The lowest BCUT2D eigenvalue weighted by atomic mass is 10.2. The lowest BCUT2D eigenvalue weighted by Gasteiger charge is -2.09. The molecule has 0 atom stereocenters. The summed E-state index contributed by atoms with van der Waals surface area (Å²) in [6, 6.07) is 9.76. The van der Waals surface area contributed by atoms with Gasteiger partial charge in [-0.25, -0.2) is 13.4 Å². The van der Waals surface area contributed by atoms with Gasteiger partial charge in [0.2, 0.25) is 0 Å². The van der Waals surface area contributed by atoms with Crippen LogP contribution in [0.2, 0.25) is 0 Å². The first-order chi connectivity index (χ1) is 8.88. The monoisotopic (exact) mass is 277 g/mol. The first kappa shape index (κ1) is 13.4. The van der Waals surface area contributed by atoms with Crippen molar-refractivity contribution in [1.29, 1.82) is 0 Å². The van der Waals surface area contributed by atoms with Crippen molar-refractivity contribution in [2.75, 3.05) is 10.5 Å². The maximum absolute atomic E-state index is 12.2. The maximum atomic E-state index is 12.2. The molecule has 6 heteroatoms. The lowest BCUT2D eigenvalue weighted by Crippen LogP contribution is -2.14. The second kappa shape index (κ2) is 4.89. The molecule has 0 saturated carbocycles. The molecule has 1 heterocycles. The number of hydrogen-bond donors (Lipinski definition) is 2. The van der Waals surface area contributed by atoms with Gasteiger partial charge >= 0.3 is 0 Å². The number of nitrogens with zero attached hydrogens (tertiary/aromatic N) is 1. The van der Waals surface area contributed by atoms with Crippen molar-refractivity contribution < 1.29 is 8.42 Å². The molecule has 2 rings (SSSR count). The van der Waals surface area contributed by atoms with E-state index in [1.807, 2.05) is 6.92 Å². The zero-order chi connectivity index (χ0) is 14.0. The first-order valence-electron chi connectivity index (χ1n) is 5.71. The minimum Gasteiger partial charge on any atom is -0.398 e. The lowest BCUT2D eigenvalue weighted by molar-refractivity contribution is 0.601. The van der Waals surface area contributed by atoms with Crippen molar-refractivity contribution in [3.63, 3.8) is 0 Å². The Kier molecular flexibility index (Phi) is 3.44. The van der Waals surface area contributed by atoms with E-state index < -0.39 is 10.0 Å². The van der Waals surface area contributed by atoms with E-state index in [9.17, 15) is 8.42 Å². The highest BCUT2D eigenvalue weighted by Gasteiger charge is 2.15. The molecule has 0 bridgehead atoms. The summed E-state index contributed by atoms with van der Waals surface area (Å²) in [6.07, 6.45) is 0. The maximum Gasteiger partial charge on any atom is 0.263 e. The van der Waals surface area contributed by atoms with Crippen LogP contribution in [0.1, 0.15) is 11.3 Å². The Balaban J connectivity index is 2.35. The molecule has 0 radical (unpaired) electrons. The molecule has 0 spiro atoms. The van der Waals surface area contributed by atoms with Crippen LogP contribution in [0.4, 0.5) is 11.5 Å². The number of nitrogens with one attached hydrogen (secondary N) is 1. The highest BCUT2D eigenvalue weighted by molar-refractivity contribution is 7.92. The number of nitrogen functional groups attached to an aromatic ring is 1. The van der Waals surface area contributed by atoms with Crippen LogP contribution in [-0.2, 0) is 10.0 Å². The van der Waals surface area contributed by atoms with Crippen LogP contribution in [0.3, 0.4) is 0 Å². The highest BCUT2D eigenvalue weighted by Crippen LogP contribution is 2.19. The summed E-state index contributed by atoms with van der Waals surface area (Å²) in [4.78, 5) is 4.23. The normalized spacial score (nSPS) is 11.3. The van der Waals surface area contributed by atoms with Gasteiger partial charge in [-0.15, -0.1) is 0 Å². The van der Waals surface area contributed by atoms with Crippen LogP contribution in [0, 0.1) is 13.8 Å². The standard InChI is InChI=1S/C13H15N3O2S/c1-9-6-7-11(8-12(9)14)19(17,18)16-13-5-3-4-10(2)15-13/h3-8H,14H2,1-2H3,(H,15,16). The molecule has 100 valence electrons. The van der Waals surface area contributed by atoms with E-state index in [0.717, 1.165) is 11.3 Å². The van der Waals surface area contributed by atoms with Gasteiger partial charge in [0, 0.05) is 11.4 Å². The van der Waals surface area contributed by atoms with E-state index in [0.29, 0.717) is 11.5 Å². The number of sulfonamides is 1. The van der Waals surface area contributed by atoms with E-state index in [2.05, 4.69) is 9.71 Å². The fraction of sp³-hybridized carbons (Fsp3) is 0.154. The van der Waals surface area contributed by atoms with Crippen molar-refractivity contribution in [2.45, 2.75) is 18.7 Å². The van der Waals surface area contributed by atoms with Gasteiger partial charge in [-0.1, -0.05) is 12.1 Å². The number of anilines is 2. The third kappa shape index (κ3) is 3.03. The zero-order valence-electron chi connectivity index (χ0n) is 10.7. The molecule has 0 aliphatic heterocycles. The smallest absolute Gasteiger partial charge is 0.263 e. The molecule has 5 nitrogen and oxygen atoms in total. The molecule has 19 heavy (non-hydrogen) atoms. The van der Waals surface area contributed by atoms with Crippen LogP contribution >= 0.6 is 0 Å². The topological polar surface area (TPSA) is 85.1 Å². The summed E-state index contributed by atoms with van der Waals surface area (Å²) in [5.74, 6) is 0.291. The predicted molar refractivity (Wildman–Crippen MR) is 75.4 cm³/mol. The average molecular weight is 277 g/mol. The molecule has 0 aliphatic carbocycles. The SMILES string of the molecule is Cc1cccc(NS(=O)(=O)c2ccc(C)c(N)c2)n1. The van der Waals surface area contributed by atoms with E-state index in [4.69, 9.17) is 5.73 Å². The van der Waals surface area contributed by atoms with E-state index in [1.54, 1.807) is 31.2 Å². The molecular weight excluding hydrogens is 262 g/mol. The molecule has 0 unspecified atom stereocenters. The molecule has 1 aromatic heterocycles. The molecule has 2 aromatic rings. The molecule has 0 amide bonds. The summed E-state index contributed by atoms with van der Waals surface area (Å²) in [5, 5.41) is 0. The summed E-state index contributed by atoms with van der Waals surface area (Å²) in [5.41, 5.74) is 7.75. The number of hydrogen-bond acceptors (Lipinski definition) is 4. The van der Waals surface area contributed by atoms with E-state index >= 15 is 0 Å². The van der Waals surface area contributed by atoms with Crippen LogP contribution in [-0.4, -0.2) is 13.4 Å². The summed E-state index contributed by atoms with van der Waals surface area (Å²) in [7, 11) is -3.66. The Hall–Kier alpha value is -2.08. The second-order valence-electron chi connectivity index (χ2n) is 4.29. The van der Waals surface area contributed by atoms with Gasteiger partial charge in [0.1, 0.15) is 5.82 Å². The van der Waals surface area contributed by atoms with Gasteiger partial charge in [-0.3, -0.25) is 4.72 Å². The van der Waals surface area contributed by atoms with Crippen molar-refractivity contribution in [2.24, 2.45) is 0 Å². The molecule has 0 aliphatic rings. The molecular formula is C13H15N3O2S. The number of rotatable bonds is 3. The summed E-state index contributed by atoms with van der Waals surface area (Å²) < 4.78 is 26.8. The van der Waals surface area contributed by atoms with Crippen molar-refractivity contribution >= 4 is 21.5 Å². The van der Waals surface area contributed by atoms with Crippen LogP contribution in [0.25, 0.3) is 0 Å². The fourth-order valence-corrected chi connectivity index (χ4v) is 2.62. The van der Waals surface area contributed by atoms with Crippen LogP contribution < -0.4 is 10.5 Å². The van der Waals surface area contributed by atoms with Gasteiger partial charge < -0.3 is 5.73 Å². The van der Waals surface area contributed by atoms with Gasteiger partial charge in [0.25, 0.3) is 10.0 Å². The number of benzene rings is 1. The first-order valence-corrected chi connectivity index (χ1v) is 7.19. The van der Waals surface area contributed by atoms with Gasteiger partial charge in [0.05, 0.1) is 4.90 Å². The number of pyridine rings is 1. The van der Waals surface area contributed by atoms with Crippen molar-refractivity contribution in [3.05, 3.63) is 47.7 Å². The number of aromatic nitrogens is 1. The van der Waals surface area contributed by atoms with Crippen molar-refractivity contribution in [3.8, 4) is 0 Å². The Morgan fingerprint density at radius 1 is 1.16 bits per heavy atom. The Labute approximate surface area is 112 Å². The second-order valence-corrected chi connectivity index (χ2v) is 5.97. The minimum atomic E-state index is -3.66. The Bertz CT molecular complexity index is 712. The van der Waals surface area contributed by atoms with Gasteiger partial charge in [-0.2, -0.15) is 0 Å². The molecule has 0 saturated heterocycles. The average Bonchev–Trinajstić information content (AvgIpc) is 2.32. The Morgan fingerprint density at radius 3 is 2.53 bits per heavy atom. The van der Waals surface area contributed by atoms with Crippen molar-refractivity contribution in [1.82, 2.24) is 4.98 Å². The summed E-state index contributed by atoms with van der Waals surface area (Å²) in [6.45, 7) is 3.61. The highest BCUT2D eigenvalue weighted by atomic mass is 32.2. The predicted octanol–water partition coefficient (Wildman–Crippen LogP) is 2.08. The Morgan fingerprint density at radius 2 is 1.89 bits per heavy atom. The fourth-order valence-electron chi connectivity index (χ4n) is 1.58. The summed E-state index contributed by atoms with van der Waals surface area (Å²) >= 11 is 0. The number of aryl methyl sites for hydroxylation is 2. The number of nitrogens with two attached hydrogens (primary N) is 1. The molecule has 3 N–H and O–H groups in total. The third-order valence-electron chi connectivity index (χ3n) is 2.69. The van der Waals surface area contributed by atoms with Gasteiger partial charge in [-0.05, 0) is 43.7 Å². The zero-order valence-corrected chi connectivity index (χ0v) is 11.5.